The van der Waals surface area contributed by atoms with E-state index < -0.39 is 0 Å². The quantitative estimate of drug-likeness (QED) is 0.881. The Morgan fingerprint density at radius 2 is 2.06 bits per heavy atom. The summed E-state index contributed by atoms with van der Waals surface area (Å²) in [6, 6.07) is 8.34. The van der Waals surface area contributed by atoms with Gasteiger partial charge in [0.05, 0.1) is 0 Å². The summed E-state index contributed by atoms with van der Waals surface area (Å²) in [7, 11) is 0. The molecule has 2 nitrogen and oxygen atoms in total. The maximum absolute atomic E-state index is 5.91. The molecule has 1 aromatic carbocycles. The fraction of sp³-hybridized carbons (Fsp3) is 0.625. The number of benzene rings is 1. The van der Waals surface area contributed by atoms with E-state index in [2.05, 4.69) is 51.2 Å². The molecule has 0 bridgehead atoms. The van der Waals surface area contributed by atoms with E-state index in [1.807, 2.05) is 6.07 Å². The van der Waals surface area contributed by atoms with E-state index >= 15 is 0 Å². The summed E-state index contributed by atoms with van der Waals surface area (Å²) >= 11 is 0. The highest BCUT2D eigenvalue weighted by Gasteiger charge is 2.23. The third kappa shape index (κ3) is 3.26. The number of nitrogens with one attached hydrogen (secondary N) is 1. The van der Waals surface area contributed by atoms with Gasteiger partial charge in [0.15, 0.2) is 0 Å². The number of hydrogen-bond donors (Lipinski definition) is 1. The summed E-state index contributed by atoms with van der Waals surface area (Å²) in [5.74, 6) is 1.73. The van der Waals surface area contributed by atoms with E-state index in [1.54, 1.807) is 0 Å². The SMILES string of the molecule is CC(CNCC1Cc2ccccc2O1)C(C)(C)C. The molecule has 0 fully saturated rings. The Kier molecular flexibility index (Phi) is 3.96. The van der Waals surface area contributed by atoms with Crippen molar-refractivity contribution < 1.29 is 4.74 Å². The van der Waals surface area contributed by atoms with Crippen molar-refractivity contribution in [3.8, 4) is 5.75 Å². The van der Waals surface area contributed by atoms with Gasteiger partial charge >= 0.3 is 0 Å². The smallest absolute Gasteiger partial charge is 0.123 e. The van der Waals surface area contributed by atoms with Crippen LogP contribution in [-0.2, 0) is 6.42 Å². The molecule has 18 heavy (non-hydrogen) atoms. The Morgan fingerprint density at radius 1 is 1.33 bits per heavy atom. The Balaban J connectivity index is 1.74. The highest BCUT2D eigenvalue weighted by Crippen LogP contribution is 2.28. The standard InChI is InChI=1S/C16H25NO/c1-12(16(2,3)4)10-17-11-14-9-13-7-5-6-8-15(13)18-14/h5-8,12,14,17H,9-11H2,1-4H3. The van der Waals surface area contributed by atoms with Crippen LogP contribution < -0.4 is 10.1 Å². The molecule has 2 atom stereocenters. The molecule has 0 amide bonds. The number of ether oxygens (including phenoxy) is 1. The Morgan fingerprint density at radius 3 is 2.72 bits per heavy atom. The second-order valence-corrected chi connectivity index (χ2v) is 6.48. The lowest BCUT2D eigenvalue weighted by Gasteiger charge is -2.27. The van der Waals surface area contributed by atoms with E-state index in [4.69, 9.17) is 4.74 Å². The van der Waals surface area contributed by atoms with Crippen LogP contribution in [-0.4, -0.2) is 19.2 Å². The molecular weight excluding hydrogens is 222 g/mol. The van der Waals surface area contributed by atoms with Gasteiger partial charge < -0.3 is 10.1 Å². The van der Waals surface area contributed by atoms with Gasteiger partial charge in [-0.15, -0.1) is 0 Å². The van der Waals surface area contributed by atoms with Crippen molar-refractivity contribution in [3.63, 3.8) is 0 Å². The summed E-state index contributed by atoms with van der Waals surface area (Å²) in [6.07, 6.45) is 1.34. The lowest BCUT2D eigenvalue weighted by molar-refractivity contribution is 0.208. The molecule has 2 rings (SSSR count). The summed E-state index contributed by atoms with van der Waals surface area (Å²) in [5.41, 5.74) is 1.71. The third-order valence-electron chi connectivity index (χ3n) is 4.01. The Bertz CT molecular complexity index is 369. The van der Waals surface area contributed by atoms with E-state index in [0.29, 0.717) is 17.4 Å². The molecule has 0 radical (unpaired) electrons. The van der Waals surface area contributed by atoms with Crippen LogP contribution in [0.25, 0.3) is 0 Å². The highest BCUT2D eigenvalue weighted by atomic mass is 16.5. The van der Waals surface area contributed by atoms with Gasteiger partial charge in [-0.05, 0) is 29.5 Å². The minimum absolute atomic E-state index is 0.301. The minimum atomic E-state index is 0.301. The van der Waals surface area contributed by atoms with Crippen molar-refractivity contribution in [2.24, 2.45) is 11.3 Å². The van der Waals surface area contributed by atoms with Gasteiger partial charge in [0.2, 0.25) is 0 Å². The lowest BCUT2D eigenvalue weighted by Crippen LogP contribution is -2.36. The topological polar surface area (TPSA) is 21.3 Å². The molecule has 0 aliphatic carbocycles. The van der Waals surface area contributed by atoms with E-state index in [9.17, 15) is 0 Å². The predicted molar refractivity (Wildman–Crippen MR) is 76.1 cm³/mol. The van der Waals surface area contributed by atoms with Crippen LogP contribution in [0.2, 0.25) is 0 Å². The average molecular weight is 247 g/mol. The summed E-state index contributed by atoms with van der Waals surface area (Å²) in [4.78, 5) is 0. The van der Waals surface area contributed by atoms with Gasteiger partial charge in [-0.3, -0.25) is 0 Å². The van der Waals surface area contributed by atoms with Crippen molar-refractivity contribution in [3.05, 3.63) is 29.8 Å². The molecule has 0 saturated heterocycles. The zero-order valence-electron chi connectivity index (χ0n) is 12.0. The fourth-order valence-corrected chi connectivity index (χ4v) is 2.13. The maximum atomic E-state index is 5.91. The summed E-state index contributed by atoms with van der Waals surface area (Å²) < 4.78 is 5.91. The van der Waals surface area contributed by atoms with E-state index in [0.717, 1.165) is 25.3 Å². The lowest BCUT2D eigenvalue weighted by atomic mass is 9.82. The molecule has 0 aromatic heterocycles. The van der Waals surface area contributed by atoms with Crippen molar-refractivity contribution in [2.75, 3.05) is 13.1 Å². The van der Waals surface area contributed by atoms with Crippen LogP contribution in [0.1, 0.15) is 33.3 Å². The molecular formula is C16H25NO. The minimum Gasteiger partial charge on any atom is -0.488 e. The molecule has 100 valence electrons. The van der Waals surface area contributed by atoms with E-state index in [1.165, 1.54) is 5.56 Å². The van der Waals surface area contributed by atoms with Gasteiger partial charge in [0, 0.05) is 13.0 Å². The largest absolute Gasteiger partial charge is 0.488 e. The van der Waals surface area contributed by atoms with Crippen molar-refractivity contribution in [1.29, 1.82) is 0 Å². The van der Waals surface area contributed by atoms with Gasteiger partial charge in [-0.2, -0.15) is 0 Å². The number of hydrogen-bond acceptors (Lipinski definition) is 2. The zero-order chi connectivity index (χ0) is 13.2. The monoisotopic (exact) mass is 247 g/mol. The molecule has 1 N–H and O–H groups in total. The number of fused-ring (bicyclic) bond motifs is 1. The number of rotatable bonds is 4. The van der Waals surface area contributed by atoms with Crippen LogP contribution in [0.5, 0.6) is 5.75 Å². The second-order valence-electron chi connectivity index (χ2n) is 6.48. The van der Waals surface area contributed by atoms with E-state index in [-0.39, 0.29) is 0 Å². The van der Waals surface area contributed by atoms with Crippen molar-refractivity contribution in [2.45, 2.75) is 40.2 Å². The molecule has 2 unspecified atom stereocenters. The van der Waals surface area contributed by atoms with Gasteiger partial charge in [-0.25, -0.2) is 0 Å². The first-order valence-corrected chi connectivity index (χ1v) is 6.92. The average Bonchev–Trinajstić information content (AvgIpc) is 2.70. The predicted octanol–water partition coefficient (Wildman–Crippen LogP) is 3.26. The summed E-state index contributed by atoms with van der Waals surface area (Å²) in [5, 5.41) is 3.54. The molecule has 1 aromatic rings. The van der Waals surface area contributed by atoms with Crippen LogP contribution in [0.15, 0.2) is 24.3 Å². The Hall–Kier alpha value is -1.02. The van der Waals surface area contributed by atoms with Crippen LogP contribution >= 0.6 is 0 Å². The first-order chi connectivity index (χ1) is 8.47. The van der Waals surface area contributed by atoms with Crippen molar-refractivity contribution in [1.82, 2.24) is 5.32 Å². The molecule has 0 saturated carbocycles. The molecule has 1 aliphatic heterocycles. The van der Waals surface area contributed by atoms with Crippen LogP contribution in [0, 0.1) is 11.3 Å². The molecule has 0 spiro atoms. The van der Waals surface area contributed by atoms with Gasteiger partial charge in [0.1, 0.15) is 11.9 Å². The first kappa shape index (κ1) is 13.4. The van der Waals surface area contributed by atoms with Crippen LogP contribution in [0.3, 0.4) is 0 Å². The Labute approximate surface area is 111 Å². The molecule has 2 heteroatoms. The number of para-hydroxylation sites is 1. The zero-order valence-corrected chi connectivity index (χ0v) is 12.0. The van der Waals surface area contributed by atoms with Crippen molar-refractivity contribution >= 4 is 0 Å². The highest BCUT2D eigenvalue weighted by molar-refractivity contribution is 5.37. The fourth-order valence-electron chi connectivity index (χ4n) is 2.13. The normalized spacial score (nSPS) is 20.3. The summed E-state index contributed by atoms with van der Waals surface area (Å²) in [6.45, 7) is 11.2. The first-order valence-electron chi connectivity index (χ1n) is 6.92. The molecule has 1 aliphatic rings. The molecule has 1 heterocycles. The van der Waals surface area contributed by atoms with Crippen LogP contribution in [0.4, 0.5) is 0 Å². The third-order valence-corrected chi connectivity index (χ3v) is 4.01. The maximum Gasteiger partial charge on any atom is 0.123 e. The van der Waals surface area contributed by atoms with Gasteiger partial charge in [0.25, 0.3) is 0 Å². The van der Waals surface area contributed by atoms with Gasteiger partial charge in [-0.1, -0.05) is 45.9 Å². The second kappa shape index (κ2) is 5.31.